The Morgan fingerprint density at radius 3 is 2.89 bits per heavy atom. The lowest BCUT2D eigenvalue weighted by Crippen LogP contribution is -2.32. The van der Waals surface area contributed by atoms with Crippen LogP contribution in [-0.2, 0) is 11.3 Å². The van der Waals surface area contributed by atoms with E-state index in [1.54, 1.807) is 0 Å². The van der Waals surface area contributed by atoms with Crippen LogP contribution in [0.5, 0.6) is 0 Å². The molecule has 1 amide bonds. The highest BCUT2D eigenvalue weighted by atomic mass is 35.5. The second-order valence-electron chi connectivity index (χ2n) is 6.92. The van der Waals surface area contributed by atoms with E-state index in [0.29, 0.717) is 12.1 Å². The number of rotatable bonds is 5. The number of hydrogen-bond donors (Lipinski definition) is 1. The van der Waals surface area contributed by atoms with Gasteiger partial charge in [0.25, 0.3) is 5.91 Å². The molecule has 1 saturated heterocycles. The Morgan fingerprint density at radius 2 is 2.11 bits per heavy atom. The van der Waals surface area contributed by atoms with E-state index in [9.17, 15) is 4.79 Å². The number of ether oxygens (including phenoxy) is 1. The van der Waals surface area contributed by atoms with Gasteiger partial charge in [0, 0.05) is 47.5 Å². The minimum absolute atomic E-state index is 0.0321. The first-order valence-electron chi connectivity index (χ1n) is 9.35. The molecular formula is C21H23ClN2O2S. The average molecular weight is 403 g/mol. The van der Waals surface area contributed by atoms with Gasteiger partial charge in [0.2, 0.25) is 0 Å². The van der Waals surface area contributed by atoms with Crippen LogP contribution in [0.25, 0.3) is 0 Å². The van der Waals surface area contributed by atoms with Crippen molar-refractivity contribution in [2.45, 2.75) is 30.4 Å². The molecule has 1 atom stereocenters. The molecule has 0 saturated carbocycles. The summed E-state index contributed by atoms with van der Waals surface area (Å²) in [5.41, 5.74) is 3.05. The van der Waals surface area contributed by atoms with E-state index >= 15 is 0 Å². The summed E-state index contributed by atoms with van der Waals surface area (Å²) in [5.74, 6) is 1.01. The van der Waals surface area contributed by atoms with Crippen molar-refractivity contribution in [3.8, 4) is 0 Å². The Bertz CT molecular complexity index is 806. The Hall–Kier alpha value is -1.69. The van der Waals surface area contributed by atoms with E-state index in [0.717, 1.165) is 49.0 Å². The number of hydrogen-bond acceptors (Lipinski definition) is 4. The van der Waals surface area contributed by atoms with Gasteiger partial charge in [-0.15, -0.1) is 11.8 Å². The molecule has 2 heterocycles. The zero-order valence-corrected chi connectivity index (χ0v) is 16.7. The molecule has 0 spiro atoms. The molecule has 2 aliphatic rings. The minimum Gasteiger partial charge on any atom is -0.376 e. The molecule has 0 aliphatic carbocycles. The predicted octanol–water partition coefficient (Wildman–Crippen LogP) is 4.36. The summed E-state index contributed by atoms with van der Waals surface area (Å²) in [6.45, 7) is 3.16. The number of nitrogens with one attached hydrogen (secondary N) is 1. The van der Waals surface area contributed by atoms with Gasteiger partial charge in [-0.25, -0.2) is 0 Å². The average Bonchev–Trinajstić information content (AvgIpc) is 3.21. The second kappa shape index (κ2) is 8.55. The highest BCUT2D eigenvalue weighted by molar-refractivity contribution is 7.99. The Kier molecular flexibility index (Phi) is 5.91. The fourth-order valence-electron chi connectivity index (χ4n) is 3.50. The van der Waals surface area contributed by atoms with Crippen LogP contribution < -0.4 is 10.2 Å². The summed E-state index contributed by atoms with van der Waals surface area (Å²) >= 11 is 7.84. The van der Waals surface area contributed by atoms with Gasteiger partial charge in [0.15, 0.2) is 0 Å². The third kappa shape index (κ3) is 4.60. The maximum atomic E-state index is 12.6. The maximum Gasteiger partial charge on any atom is 0.251 e. The summed E-state index contributed by atoms with van der Waals surface area (Å²) in [5, 5.41) is 3.76. The SMILES string of the molecule is O=C(NC[C@@H]1CCCO1)c1ccc2c(c1)N(Cc1ccc(Cl)cc1)CCS2. The van der Waals surface area contributed by atoms with Crippen LogP contribution in [0.3, 0.4) is 0 Å². The zero-order chi connectivity index (χ0) is 18.6. The molecule has 27 heavy (non-hydrogen) atoms. The van der Waals surface area contributed by atoms with E-state index in [-0.39, 0.29) is 12.0 Å². The van der Waals surface area contributed by atoms with E-state index < -0.39 is 0 Å². The summed E-state index contributed by atoms with van der Waals surface area (Å²) in [7, 11) is 0. The predicted molar refractivity (Wildman–Crippen MR) is 111 cm³/mol. The van der Waals surface area contributed by atoms with Crippen molar-refractivity contribution < 1.29 is 9.53 Å². The van der Waals surface area contributed by atoms with Crippen molar-refractivity contribution >= 4 is 35.0 Å². The monoisotopic (exact) mass is 402 g/mol. The zero-order valence-electron chi connectivity index (χ0n) is 15.1. The number of amides is 1. The number of anilines is 1. The van der Waals surface area contributed by atoms with E-state index in [4.69, 9.17) is 16.3 Å². The highest BCUT2D eigenvalue weighted by Gasteiger charge is 2.21. The van der Waals surface area contributed by atoms with Crippen molar-refractivity contribution in [3.05, 3.63) is 58.6 Å². The van der Waals surface area contributed by atoms with Crippen molar-refractivity contribution in [3.63, 3.8) is 0 Å². The van der Waals surface area contributed by atoms with E-state index in [2.05, 4.69) is 28.4 Å². The normalized spacial score (nSPS) is 19.0. The lowest BCUT2D eigenvalue weighted by atomic mass is 10.1. The van der Waals surface area contributed by atoms with Gasteiger partial charge < -0.3 is 15.0 Å². The number of fused-ring (bicyclic) bond motifs is 1. The van der Waals surface area contributed by atoms with Crippen molar-refractivity contribution in [1.29, 1.82) is 0 Å². The fourth-order valence-corrected chi connectivity index (χ4v) is 4.66. The molecule has 4 rings (SSSR count). The first kappa shape index (κ1) is 18.7. The lowest BCUT2D eigenvalue weighted by molar-refractivity contribution is 0.0858. The van der Waals surface area contributed by atoms with Gasteiger partial charge in [0.1, 0.15) is 0 Å². The van der Waals surface area contributed by atoms with Crippen LogP contribution in [0.15, 0.2) is 47.4 Å². The summed E-state index contributed by atoms with van der Waals surface area (Å²) in [6, 6.07) is 14.0. The van der Waals surface area contributed by atoms with E-state index in [1.807, 2.05) is 36.0 Å². The van der Waals surface area contributed by atoms with Crippen LogP contribution in [0, 0.1) is 0 Å². The minimum atomic E-state index is -0.0321. The molecule has 6 heteroatoms. The third-order valence-corrected chi connectivity index (χ3v) is 6.28. The van der Waals surface area contributed by atoms with Crippen LogP contribution in [0.2, 0.25) is 5.02 Å². The Labute approximate surface area is 169 Å². The first-order valence-corrected chi connectivity index (χ1v) is 10.7. The summed E-state index contributed by atoms with van der Waals surface area (Å²) in [6.07, 6.45) is 2.26. The third-order valence-electron chi connectivity index (χ3n) is 4.98. The molecule has 0 unspecified atom stereocenters. The molecule has 0 bridgehead atoms. The second-order valence-corrected chi connectivity index (χ2v) is 8.50. The van der Waals surface area contributed by atoms with Gasteiger partial charge in [0.05, 0.1) is 11.8 Å². The number of halogens is 1. The fraction of sp³-hybridized carbons (Fsp3) is 0.381. The first-order chi connectivity index (χ1) is 13.2. The topological polar surface area (TPSA) is 41.6 Å². The Balaban J connectivity index is 1.48. The number of thioether (sulfide) groups is 1. The highest BCUT2D eigenvalue weighted by Crippen LogP contribution is 2.36. The molecular weight excluding hydrogens is 380 g/mol. The van der Waals surface area contributed by atoms with Gasteiger partial charge >= 0.3 is 0 Å². The van der Waals surface area contributed by atoms with Crippen LogP contribution in [0.1, 0.15) is 28.8 Å². The molecule has 142 valence electrons. The quantitative estimate of drug-likeness (QED) is 0.806. The number of carbonyl (C=O) groups excluding carboxylic acids is 1. The van der Waals surface area contributed by atoms with Crippen LogP contribution in [0.4, 0.5) is 5.69 Å². The summed E-state index contributed by atoms with van der Waals surface area (Å²) in [4.78, 5) is 16.1. The van der Waals surface area contributed by atoms with Gasteiger partial charge in [-0.1, -0.05) is 23.7 Å². The van der Waals surface area contributed by atoms with Crippen LogP contribution in [-0.4, -0.2) is 37.5 Å². The maximum absolute atomic E-state index is 12.6. The van der Waals surface area contributed by atoms with Crippen LogP contribution >= 0.6 is 23.4 Å². The Morgan fingerprint density at radius 1 is 1.26 bits per heavy atom. The van der Waals surface area contributed by atoms with Gasteiger partial charge in [-0.2, -0.15) is 0 Å². The standard InChI is InChI=1S/C21H23ClN2O2S/c22-17-6-3-15(4-7-17)14-24-9-11-27-20-8-5-16(12-19(20)24)21(25)23-13-18-2-1-10-26-18/h3-8,12,18H,1-2,9-11,13-14H2,(H,23,25)/t18-/m0/s1. The van der Waals surface area contributed by atoms with Crippen molar-refractivity contribution in [1.82, 2.24) is 5.32 Å². The molecule has 1 N–H and O–H groups in total. The van der Waals surface area contributed by atoms with Gasteiger partial charge in [-0.3, -0.25) is 4.79 Å². The molecule has 2 aliphatic heterocycles. The molecule has 0 aromatic heterocycles. The molecule has 2 aromatic rings. The molecule has 4 nitrogen and oxygen atoms in total. The lowest BCUT2D eigenvalue weighted by Gasteiger charge is -2.31. The van der Waals surface area contributed by atoms with Gasteiger partial charge in [-0.05, 0) is 48.7 Å². The largest absolute Gasteiger partial charge is 0.376 e. The van der Waals surface area contributed by atoms with Crippen molar-refractivity contribution in [2.75, 3.05) is 30.3 Å². The number of carbonyl (C=O) groups is 1. The smallest absolute Gasteiger partial charge is 0.251 e. The number of nitrogens with zero attached hydrogens (tertiary/aromatic N) is 1. The summed E-state index contributed by atoms with van der Waals surface area (Å²) < 4.78 is 5.59. The number of benzene rings is 2. The van der Waals surface area contributed by atoms with Crippen molar-refractivity contribution in [2.24, 2.45) is 0 Å². The molecule has 0 radical (unpaired) electrons. The molecule has 1 fully saturated rings. The molecule has 2 aromatic carbocycles. The van der Waals surface area contributed by atoms with E-state index in [1.165, 1.54) is 10.5 Å².